The molecule has 1 aliphatic rings. The Hall–Kier alpha value is -1.04. The minimum Gasteiger partial charge on any atom is -0.339 e. The topological polar surface area (TPSA) is 44.1 Å². The highest BCUT2D eigenvalue weighted by molar-refractivity contribution is 5.85. The maximum absolute atomic E-state index is 12.3. The van der Waals surface area contributed by atoms with E-state index in [1.54, 1.807) is 6.92 Å². The molecule has 0 radical (unpaired) electrons. The van der Waals surface area contributed by atoms with Gasteiger partial charge >= 0.3 is 0 Å². The van der Waals surface area contributed by atoms with E-state index in [1.165, 1.54) is 12.8 Å². The summed E-state index contributed by atoms with van der Waals surface area (Å²) in [5.41, 5.74) is -0.835. The molecule has 0 aromatic heterocycles. The Kier molecular flexibility index (Phi) is 4.35. The Morgan fingerprint density at radius 1 is 1.44 bits per heavy atom. The number of nitriles is 1. The van der Waals surface area contributed by atoms with Gasteiger partial charge in [-0.25, -0.2) is 0 Å². The Labute approximate surface area is 98.4 Å². The maximum atomic E-state index is 12.3. The van der Waals surface area contributed by atoms with Crippen LogP contribution in [0.15, 0.2) is 0 Å². The number of carbonyl (C=O) groups excluding carboxylic acids is 1. The van der Waals surface area contributed by atoms with Gasteiger partial charge in [0, 0.05) is 12.6 Å². The SMILES string of the molecule is CCN(C(=O)C(C)(C#N)CC)C1CCCC1. The van der Waals surface area contributed by atoms with Crippen LogP contribution in [0.1, 0.15) is 52.9 Å². The van der Waals surface area contributed by atoms with Crippen LogP contribution in [-0.2, 0) is 4.79 Å². The third-order valence-corrected chi connectivity index (χ3v) is 3.79. The lowest BCUT2D eigenvalue weighted by Crippen LogP contribution is -2.46. The van der Waals surface area contributed by atoms with Crippen LogP contribution in [0.5, 0.6) is 0 Å². The Morgan fingerprint density at radius 2 is 2.00 bits per heavy atom. The van der Waals surface area contributed by atoms with Gasteiger partial charge in [-0.15, -0.1) is 0 Å². The van der Waals surface area contributed by atoms with Gasteiger partial charge < -0.3 is 4.90 Å². The maximum Gasteiger partial charge on any atom is 0.242 e. The summed E-state index contributed by atoms with van der Waals surface area (Å²) in [6.07, 6.45) is 5.22. The molecular formula is C13H22N2O. The first-order valence-corrected chi connectivity index (χ1v) is 6.31. The second-order valence-electron chi connectivity index (χ2n) is 4.83. The van der Waals surface area contributed by atoms with Gasteiger partial charge in [0.2, 0.25) is 5.91 Å². The number of rotatable bonds is 4. The normalized spacial score (nSPS) is 20.1. The van der Waals surface area contributed by atoms with E-state index in [2.05, 4.69) is 6.07 Å². The van der Waals surface area contributed by atoms with Gasteiger partial charge in [-0.1, -0.05) is 19.8 Å². The zero-order valence-corrected chi connectivity index (χ0v) is 10.6. The first kappa shape index (κ1) is 13.0. The second kappa shape index (κ2) is 5.34. The Bertz CT molecular complexity index is 289. The molecule has 0 aromatic carbocycles. The molecule has 0 heterocycles. The van der Waals surface area contributed by atoms with E-state index >= 15 is 0 Å². The lowest BCUT2D eigenvalue weighted by Gasteiger charge is -2.33. The summed E-state index contributed by atoms with van der Waals surface area (Å²) in [7, 11) is 0. The summed E-state index contributed by atoms with van der Waals surface area (Å²) in [5.74, 6) is 0.0203. The van der Waals surface area contributed by atoms with Crippen LogP contribution in [0.4, 0.5) is 0 Å². The third kappa shape index (κ3) is 2.37. The van der Waals surface area contributed by atoms with Gasteiger partial charge in [-0.05, 0) is 33.1 Å². The van der Waals surface area contributed by atoms with Gasteiger partial charge in [0.15, 0.2) is 0 Å². The van der Waals surface area contributed by atoms with E-state index in [9.17, 15) is 4.79 Å². The molecule has 90 valence electrons. The summed E-state index contributed by atoms with van der Waals surface area (Å²) >= 11 is 0. The molecule has 1 amide bonds. The van der Waals surface area contributed by atoms with Crippen LogP contribution in [0, 0.1) is 16.7 Å². The van der Waals surface area contributed by atoms with Crippen molar-refractivity contribution in [1.29, 1.82) is 5.26 Å². The van der Waals surface area contributed by atoms with Crippen molar-refractivity contribution >= 4 is 5.91 Å². The first-order chi connectivity index (χ1) is 7.59. The van der Waals surface area contributed by atoms with Crippen LogP contribution in [-0.4, -0.2) is 23.4 Å². The monoisotopic (exact) mass is 222 g/mol. The van der Waals surface area contributed by atoms with E-state index in [0.717, 1.165) is 19.4 Å². The molecule has 1 fully saturated rings. The van der Waals surface area contributed by atoms with Gasteiger partial charge in [0.25, 0.3) is 0 Å². The predicted molar refractivity (Wildman–Crippen MR) is 63.7 cm³/mol. The summed E-state index contributed by atoms with van der Waals surface area (Å²) in [5, 5.41) is 9.15. The molecule has 1 unspecified atom stereocenters. The van der Waals surface area contributed by atoms with E-state index in [-0.39, 0.29) is 5.91 Å². The molecule has 1 atom stereocenters. The number of carbonyl (C=O) groups is 1. The van der Waals surface area contributed by atoms with Gasteiger partial charge in [-0.2, -0.15) is 5.26 Å². The van der Waals surface area contributed by atoms with Crippen molar-refractivity contribution in [3.8, 4) is 6.07 Å². The van der Waals surface area contributed by atoms with Crippen molar-refractivity contribution in [3.05, 3.63) is 0 Å². The van der Waals surface area contributed by atoms with E-state index < -0.39 is 5.41 Å². The highest BCUT2D eigenvalue weighted by Crippen LogP contribution is 2.29. The Morgan fingerprint density at radius 3 is 2.38 bits per heavy atom. The van der Waals surface area contributed by atoms with E-state index in [4.69, 9.17) is 5.26 Å². The number of hydrogen-bond donors (Lipinski definition) is 0. The van der Waals surface area contributed by atoms with Gasteiger partial charge in [0.1, 0.15) is 5.41 Å². The molecule has 3 heteroatoms. The van der Waals surface area contributed by atoms with Crippen molar-refractivity contribution in [2.75, 3.05) is 6.54 Å². The van der Waals surface area contributed by atoms with Crippen molar-refractivity contribution in [1.82, 2.24) is 4.90 Å². The summed E-state index contributed by atoms with van der Waals surface area (Å²) in [4.78, 5) is 14.3. The average Bonchev–Trinajstić information content (AvgIpc) is 2.82. The minimum atomic E-state index is -0.835. The molecule has 3 nitrogen and oxygen atoms in total. The van der Waals surface area contributed by atoms with Crippen molar-refractivity contribution in [2.45, 2.75) is 58.9 Å². The van der Waals surface area contributed by atoms with Crippen LogP contribution in [0.25, 0.3) is 0 Å². The van der Waals surface area contributed by atoms with Gasteiger partial charge in [0.05, 0.1) is 6.07 Å². The smallest absolute Gasteiger partial charge is 0.242 e. The summed E-state index contributed by atoms with van der Waals surface area (Å²) < 4.78 is 0. The minimum absolute atomic E-state index is 0.0203. The van der Waals surface area contributed by atoms with Gasteiger partial charge in [-0.3, -0.25) is 4.79 Å². The molecule has 1 rings (SSSR count). The lowest BCUT2D eigenvalue weighted by atomic mass is 9.87. The average molecular weight is 222 g/mol. The summed E-state index contributed by atoms with van der Waals surface area (Å²) in [6.45, 7) is 6.39. The molecule has 1 aliphatic carbocycles. The van der Waals surface area contributed by atoms with Crippen LogP contribution in [0.3, 0.4) is 0 Å². The van der Waals surface area contributed by atoms with E-state index in [1.807, 2.05) is 18.7 Å². The third-order valence-electron chi connectivity index (χ3n) is 3.79. The fourth-order valence-electron chi connectivity index (χ4n) is 2.38. The zero-order chi connectivity index (χ0) is 12.2. The largest absolute Gasteiger partial charge is 0.339 e. The number of nitrogens with zero attached hydrogens (tertiary/aromatic N) is 2. The highest BCUT2D eigenvalue weighted by atomic mass is 16.2. The summed E-state index contributed by atoms with van der Waals surface area (Å²) in [6, 6.07) is 2.55. The Balaban J connectivity index is 2.80. The molecule has 0 aromatic rings. The van der Waals surface area contributed by atoms with Crippen LogP contribution in [0.2, 0.25) is 0 Å². The molecule has 0 saturated heterocycles. The molecule has 1 saturated carbocycles. The van der Waals surface area contributed by atoms with Crippen LogP contribution < -0.4 is 0 Å². The molecule has 0 bridgehead atoms. The lowest BCUT2D eigenvalue weighted by molar-refractivity contribution is -0.140. The molecular weight excluding hydrogens is 200 g/mol. The molecule has 0 aliphatic heterocycles. The van der Waals surface area contributed by atoms with Crippen molar-refractivity contribution in [2.24, 2.45) is 5.41 Å². The predicted octanol–water partition coefficient (Wildman–Crippen LogP) is 2.72. The molecule has 16 heavy (non-hydrogen) atoms. The van der Waals surface area contributed by atoms with Crippen molar-refractivity contribution in [3.63, 3.8) is 0 Å². The number of amides is 1. The first-order valence-electron chi connectivity index (χ1n) is 6.31. The number of hydrogen-bond acceptors (Lipinski definition) is 2. The molecule has 0 N–H and O–H groups in total. The van der Waals surface area contributed by atoms with Crippen molar-refractivity contribution < 1.29 is 4.79 Å². The van der Waals surface area contributed by atoms with Crippen LogP contribution >= 0.6 is 0 Å². The zero-order valence-electron chi connectivity index (χ0n) is 10.6. The molecule has 0 spiro atoms. The second-order valence-corrected chi connectivity index (χ2v) is 4.83. The quantitative estimate of drug-likeness (QED) is 0.734. The fourth-order valence-corrected chi connectivity index (χ4v) is 2.38. The standard InChI is InChI=1S/C13H22N2O/c1-4-13(3,10-14)12(16)15(5-2)11-8-6-7-9-11/h11H,4-9H2,1-3H3. The van der Waals surface area contributed by atoms with E-state index in [0.29, 0.717) is 12.5 Å². The highest BCUT2D eigenvalue weighted by Gasteiger charge is 2.37. The fraction of sp³-hybridized carbons (Fsp3) is 0.846.